The van der Waals surface area contributed by atoms with Crippen LogP contribution in [0.5, 0.6) is 0 Å². The fourth-order valence-corrected chi connectivity index (χ4v) is 2.24. The number of hydrogen-bond acceptors (Lipinski definition) is 4. The molecule has 1 fully saturated rings. The predicted molar refractivity (Wildman–Crippen MR) is 80.4 cm³/mol. The maximum atomic E-state index is 11.0. The highest BCUT2D eigenvalue weighted by molar-refractivity contribution is 6.45. The summed E-state index contributed by atoms with van der Waals surface area (Å²) in [4.78, 5) is 13.7. The summed E-state index contributed by atoms with van der Waals surface area (Å²) in [6.45, 7) is 7.95. The Kier molecular flexibility index (Phi) is 4.09. The Labute approximate surface area is 124 Å². The molecule has 0 N–H and O–H groups in total. The van der Waals surface area contributed by atoms with Gasteiger partial charge in [0, 0.05) is 22.5 Å². The Morgan fingerprint density at radius 2 is 1.86 bits per heavy atom. The number of nitrogens with zero attached hydrogens (tertiary/aromatic N) is 3. The summed E-state index contributed by atoms with van der Waals surface area (Å²) in [6, 6.07) is 5.02. The summed E-state index contributed by atoms with van der Waals surface area (Å²) in [5.74, 6) is 0. The van der Waals surface area contributed by atoms with Crippen LogP contribution in [0.2, 0.25) is 0 Å². The molecule has 6 nitrogen and oxygen atoms in total. The molecule has 1 aromatic rings. The van der Waals surface area contributed by atoms with Crippen LogP contribution in [-0.4, -0.2) is 24.6 Å². The molecule has 0 saturated carbocycles. The number of aldehydes is 1. The van der Waals surface area contributed by atoms with Gasteiger partial charge >= 0.3 is 7.12 Å². The van der Waals surface area contributed by atoms with Crippen molar-refractivity contribution in [2.75, 3.05) is 0 Å². The zero-order chi connectivity index (χ0) is 15.7. The lowest BCUT2D eigenvalue weighted by atomic mass is 9.80. The number of carbonyl (C=O) groups excluding carboxylic acids is 1. The van der Waals surface area contributed by atoms with E-state index in [1.165, 1.54) is 0 Å². The minimum atomic E-state index is -0.395. The van der Waals surface area contributed by atoms with E-state index in [0.717, 1.165) is 11.8 Å². The lowest BCUT2D eigenvalue weighted by Crippen LogP contribution is -2.41. The summed E-state index contributed by atoms with van der Waals surface area (Å²) in [6.07, 6.45) is 1.21. The standard InChI is InChI=1S/C14H18BN3O3/c1-13(2)14(3,4)21-15(20-13)8-10-5-11(9-19)7-12(6-10)17-18-16/h5-7,9H,8H2,1-4H3. The number of azide groups is 1. The van der Waals surface area contributed by atoms with Gasteiger partial charge in [0.1, 0.15) is 6.29 Å². The van der Waals surface area contributed by atoms with Crippen molar-refractivity contribution in [3.63, 3.8) is 0 Å². The molecular formula is C14H18BN3O3. The number of carbonyl (C=O) groups is 1. The van der Waals surface area contributed by atoms with Crippen molar-refractivity contribution >= 4 is 19.1 Å². The van der Waals surface area contributed by atoms with Crippen LogP contribution in [0.3, 0.4) is 0 Å². The molecule has 1 aliphatic heterocycles. The van der Waals surface area contributed by atoms with Gasteiger partial charge in [0.2, 0.25) is 0 Å². The summed E-state index contributed by atoms with van der Waals surface area (Å²) < 4.78 is 11.9. The molecule has 0 spiro atoms. The topological polar surface area (TPSA) is 84.3 Å². The molecule has 0 amide bonds. The summed E-state index contributed by atoms with van der Waals surface area (Å²) in [7, 11) is -0.393. The van der Waals surface area contributed by atoms with Gasteiger partial charge in [0.25, 0.3) is 0 Å². The van der Waals surface area contributed by atoms with Crippen LogP contribution < -0.4 is 0 Å². The molecule has 21 heavy (non-hydrogen) atoms. The van der Waals surface area contributed by atoms with Gasteiger partial charge in [-0.25, -0.2) is 0 Å². The molecular weight excluding hydrogens is 269 g/mol. The molecule has 2 rings (SSSR count). The molecule has 0 atom stereocenters. The molecule has 0 bridgehead atoms. The second kappa shape index (κ2) is 5.52. The fourth-order valence-electron chi connectivity index (χ4n) is 2.24. The van der Waals surface area contributed by atoms with Crippen LogP contribution in [-0.2, 0) is 15.6 Å². The highest BCUT2D eigenvalue weighted by Gasteiger charge is 2.50. The zero-order valence-corrected chi connectivity index (χ0v) is 12.7. The Morgan fingerprint density at radius 3 is 2.38 bits per heavy atom. The van der Waals surface area contributed by atoms with E-state index in [2.05, 4.69) is 10.0 Å². The second-order valence-corrected chi connectivity index (χ2v) is 6.13. The highest BCUT2D eigenvalue weighted by atomic mass is 16.7. The van der Waals surface area contributed by atoms with E-state index >= 15 is 0 Å². The summed E-state index contributed by atoms with van der Waals surface area (Å²) in [5.41, 5.74) is 9.43. The van der Waals surface area contributed by atoms with Crippen LogP contribution in [0.4, 0.5) is 5.69 Å². The summed E-state index contributed by atoms with van der Waals surface area (Å²) in [5, 5.41) is 3.55. The van der Waals surface area contributed by atoms with Crippen LogP contribution in [0.1, 0.15) is 43.6 Å². The number of benzene rings is 1. The largest absolute Gasteiger partial charge is 0.462 e. The van der Waals surface area contributed by atoms with Gasteiger partial charge in [-0.2, -0.15) is 0 Å². The van der Waals surface area contributed by atoms with Gasteiger partial charge in [-0.1, -0.05) is 5.11 Å². The van der Waals surface area contributed by atoms with Crippen molar-refractivity contribution < 1.29 is 14.1 Å². The van der Waals surface area contributed by atoms with Crippen LogP contribution >= 0.6 is 0 Å². The van der Waals surface area contributed by atoms with Crippen LogP contribution in [0.15, 0.2) is 23.3 Å². The second-order valence-electron chi connectivity index (χ2n) is 6.13. The van der Waals surface area contributed by atoms with E-state index in [4.69, 9.17) is 14.8 Å². The Bertz CT molecular complexity index is 593. The quantitative estimate of drug-likeness (QED) is 0.279. The first-order valence-corrected chi connectivity index (χ1v) is 6.77. The van der Waals surface area contributed by atoms with Gasteiger partial charge in [0.15, 0.2) is 0 Å². The molecule has 1 aliphatic rings. The Morgan fingerprint density at radius 1 is 1.24 bits per heavy atom. The van der Waals surface area contributed by atoms with Gasteiger partial charge < -0.3 is 9.31 Å². The molecule has 0 unspecified atom stereocenters. The van der Waals surface area contributed by atoms with Crippen molar-refractivity contribution in [3.8, 4) is 0 Å². The van der Waals surface area contributed by atoms with Crippen molar-refractivity contribution in [2.24, 2.45) is 5.11 Å². The molecule has 0 aliphatic carbocycles. The summed E-state index contributed by atoms with van der Waals surface area (Å²) >= 11 is 0. The van der Waals surface area contributed by atoms with Crippen molar-refractivity contribution in [2.45, 2.75) is 45.2 Å². The Balaban J connectivity index is 2.23. The molecule has 110 valence electrons. The van der Waals surface area contributed by atoms with E-state index in [0.29, 0.717) is 17.6 Å². The minimum absolute atomic E-state index is 0.393. The highest BCUT2D eigenvalue weighted by Crippen LogP contribution is 2.37. The van der Waals surface area contributed by atoms with E-state index in [9.17, 15) is 4.79 Å². The third kappa shape index (κ3) is 3.27. The van der Waals surface area contributed by atoms with Crippen molar-refractivity contribution in [1.29, 1.82) is 0 Å². The molecule has 1 saturated heterocycles. The zero-order valence-electron chi connectivity index (χ0n) is 12.7. The van der Waals surface area contributed by atoms with Gasteiger partial charge in [-0.3, -0.25) is 4.79 Å². The minimum Gasteiger partial charge on any atom is -0.403 e. The molecule has 1 aromatic carbocycles. The number of rotatable bonds is 4. The first kappa shape index (κ1) is 15.6. The monoisotopic (exact) mass is 287 g/mol. The van der Waals surface area contributed by atoms with Crippen molar-refractivity contribution in [3.05, 3.63) is 39.8 Å². The Hall–Kier alpha value is -1.82. The smallest absolute Gasteiger partial charge is 0.403 e. The molecule has 7 heteroatoms. The van der Waals surface area contributed by atoms with Crippen molar-refractivity contribution in [1.82, 2.24) is 0 Å². The average molecular weight is 287 g/mol. The first-order valence-electron chi connectivity index (χ1n) is 6.77. The van der Waals surface area contributed by atoms with E-state index < -0.39 is 18.3 Å². The van der Waals surface area contributed by atoms with Gasteiger partial charge in [0.05, 0.1) is 11.2 Å². The molecule has 0 radical (unpaired) electrons. The third-order valence-electron chi connectivity index (χ3n) is 4.00. The van der Waals surface area contributed by atoms with E-state index in [1.807, 2.05) is 27.7 Å². The van der Waals surface area contributed by atoms with Gasteiger partial charge in [-0.15, -0.1) is 0 Å². The number of hydrogen-bond donors (Lipinski definition) is 0. The predicted octanol–water partition coefficient (Wildman–Crippen LogP) is 3.61. The molecule has 1 heterocycles. The maximum Gasteiger partial charge on any atom is 0.462 e. The normalized spacial score (nSPS) is 19.1. The van der Waals surface area contributed by atoms with Gasteiger partial charge in [-0.05, 0) is 57.0 Å². The lowest BCUT2D eigenvalue weighted by Gasteiger charge is -2.32. The van der Waals surface area contributed by atoms with Crippen LogP contribution in [0.25, 0.3) is 10.4 Å². The first-order chi connectivity index (χ1) is 9.77. The van der Waals surface area contributed by atoms with Crippen LogP contribution in [0, 0.1) is 0 Å². The molecule has 0 aromatic heterocycles. The lowest BCUT2D eigenvalue weighted by molar-refractivity contribution is 0.00578. The average Bonchev–Trinajstić information content (AvgIpc) is 2.57. The van der Waals surface area contributed by atoms with E-state index in [-0.39, 0.29) is 0 Å². The fraction of sp³-hybridized carbons (Fsp3) is 0.500. The van der Waals surface area contributed by atoms with E-state index in [1.54, 1.807) is 18.2 Å². The third-order valence-corrected chi connectivity index (χ3v) is 4.00. The SMILES string of the molecule is CC1(C)OB(Cc2cc(C=O)cc(N=[N+]=[N-])c2)OC1(C)C. The maximum absolute atomic E-state index is 11.0.